The summed E-state index contributed by atoms with van der Waals surface area (Å²) >= 11 is 0. The first-order valence-electron chi connectivity index (χ1n) is 8.39. The summed E-state index contributed by atoms with van der Waals surface area (Å²) in [7, 11) is 0. The van der Waals surface area contributed by atoms with Gasteiger partial charge >= 0.3 is 0 Å². The molecular formula is C17H35N. The summed E-state index contributed by atoms with van der Waals surface area (Å²) in [4.78, 5) is 0. The van der Waals surface area contributed by atoms with E-state index in [1.54, 1.807) is 0 Å². The second-order valence-electron chi connectivity index (χ2n) is 6.86. The second-order valence-corrected chi connectivity index (χ2v) is 6.86. The minimum Gasteiger partial charge on any atom is -0.327 e. The number of hydrogen-bond donors (Lipinski definition) is 1. The smallest absolute Gasteiger partial charge is 0.00671 e. The monoisotopic (exact) mass is 253 g/mol. The first-order valence-corrected chi connectivity index (χ1v) is 8.39. The van der Waals surface area contributed by atoms with Crippen LogP contribution in [0.5, 0.6) is 0 Å². The van der Waals surface area contributed by atoms with E-state index in [-0.39, 0.29) is 0 Å². The standard InChI is InChI=1S/C17H35N/c1-4-5-9-14(2)12-17(18)15(3)13-16-10-7-6-8-11-16/h14-17H,4-13,18H2,1-3H3. The maximum absolute atomic E-state index is 6.41. The molecule has 0 aromatic heterocycles. The lowest BCUT2D eigenvalue weighted by Gasteiger charge is -2.29. The van der Waals surface area contributed by atoms with Crippen LogP contribution in [0, 0.1) is 17.8 Å². The molecule has 0 aromatic carbocycles. The summed E-state index contributed by atoms with van der Waals surface area (Å²) in [5.74, 6) is 2.51. The quantitative estimate of drug-likeness (QED) is 0.637. The Morgan fingerprint density at radius 1 is 1.11 bits per heavy atom. The average Bonchev–Trinajstić information content (AvgIpc) is 2.37. The van der Waals surface area contributed by atoms with Crippen molar-refractivity contribution in [3.05, 3.63) is 0 Å². The van der Waals surface area contributed by atoms with Crippen molar-refractivity contribution in [2.45, 2.75) is 91.0 Å². The van der Waals surface area contributed by atoms with Gasteiger partial charge in [0.2, 0.25) is 0 Å². The molecule has 1 fully saturated rings. The molecule has 0 aliphatic heterocycles. The Morgan fingerprint density at radius 2 is 1.78 bits per heavy atom. The first-order chi connectivity index (χ1) is 8.63. The van der Waals surface area contributed by atoms with E-state index >= 15 is 0 Å². The Hall–Kier alpha value is -0.0400. The van der Waals surface area contributed by atoms with Gasteiger partial charge in [0.05, 0.1) is 0 Å². The van der Waals surface area contributed by atoms with Crippen molar-refractivity contribution < 1.29 is 0 Å². The molecule has 3 atom stereocenters. The van der Waals surface area contributed by atoms with Gasteiger partial charge in [-0.2, -0.15) is 0 Å². The molecule has 1 rings (SSSR count). The van der Waals surface area contributed by atoms with Gasteiger partial charge in [0.15, 0.2) is 0 Å². The van der Waals surface area contributed by atoms with Crippen LogP contribution in [0.4, 0.5) is 0 Å². The van der Waals surface area contributed by atoms with Crippen LogP contribution < -0.4 is 5.73 Å². The Morgan fingerprint density at radius 3 is 2.39 bits per heavy atom. The predicted molar refractivity (Wildman–Crippen MR) is 81.6 cm³/mol. The van der Waals surface area contributed by atoms with Crippen LogP contribution in [-0.4, -0.2) is 6.04 Å². The minimum absolute atomic E-state index is 0.429. The molecule has 0 saturated heterocycles. The largest absolute Gasteiger partial charge is 0.327 e. The van der Waals surface area contributed by atoms with Gasteiger partial charge in [-0.25, -0.2) is 0 Å². The fourth-order valence-corrected chi connectivity index (χ4v) is 3.49. The molecule has 0 spiro atoms. The predicted octanol–water partition coefficient (Wildman–Crippen LogP) is 5.14. The summed E-state index contributed by atoms with van der Waals surface area (Å²) in [6.07, 6.45) is 14.0. The normalized spacial score (nSPS) is 22.7. The van der Waals surface area contributed by atoms with Crippen molar-refractivity contribution in [1.29, 1.82) is 0 Å². The molecule has 108 valence electrons. The molecule has 0 radical (unpaired) electrons. The van der Waals surface area contributed by atoms with E-state index < -0.39 is 0 Å². The molecule has 18 heavy (non-hydrogen) atoms. The summed E-state index contributed by atoms with van der Waals surface area (Å²) in [5.41, 5.74) is 6.41. The first kappa shape index (κ1) is 16.0. The van der Waals surface area contributed by atoms with E-state index in [0.717, 1.165) is 17.8 Å². The van der Waals surface area contributed by atoms with Crippen molar-refractivity contribution >= 4 is 0 Å². The molecule has 3 unspecified atom stereocenters. The lowest BCUT2D eigenvalue weighted by atomic mass is 9.79. The van der Waals surface area contributed by atoms with E-state index in [9.17, 15) is 0 Å². The van der Waals surface area contributed by atoms with Gasteiger partial charge in [0.25, 0.3) is 0 Å². The third-order valence-corrected chi connectivity index (χ3v) is 4.89. The lowest BCUT2D eigenvalue weighted by molar-refractivity contribution is 0.257. The fourth-order valence-electron chi connectivity index (χ4n) is 3.49. The van der Waals surface area contributed by atoms with Gasteiger partial charge in [0.1, 0.15) is 0 Å². The van der Waals surface area contributed by atoms with Gasteiger partial charge < -0.3 is 5.73 Å². The highest BCUT2D eigenvalue weighted by Crippen LogP contribution is 2.30. The van der Waals surface area contributed by atoms with Crippen LogP contribution in [0.1, 0.15) is 85.0 Å². The lowest BCUT2D eigenvalue weighted by Crippen LogP contribution is -2.31. The molecule has 1 heteroatoms. The van der Waals surface area contributed by atoms with E-state index in [0.29, 0.717) is 6.04 Å². The maximum atomic E-state index is 6.41. The minimum atomic E-state index is 0.429. The topological polar surface area (TPSA) is 26.0 Å². The van der Waals surface area contributed by atoms with Crippen molar-refractivity contribution in [3.63, 3.8) is 0 Å². The van der Waals surface area contributed by atoms with Crippen molar-refractivity contribution in [1.82, 2.24) is 0 Å². The highest BCUT2D eigenvalue weighted by atomic mass is 14.6. The van der Waals surface area contributed by atoms with Crippen molar-refractivity contribution in [2.24, 2.45) is 23.5 Å². The second kappa shape index (κ2) is 8.96. The van der Waals surface area contributed by atoms with Crippen molar-refractivity contribution in [3.8, 4) is 0 Å². The molecule has 0 aromatic rings. The van der Waals surface area contributed by atoms with Gasteiger partial charge in [-0.1, -0.05) is 72.1 Å². The summed E-state index contributed by atoms with van der Waals surface area (Å²) in [6, 6.07) is 0.429. The van der Waals surface area contributed by atoms with E-state index in [4.69, 9.17) is 5.73 Å². The number of rotatable bonds is 8. The number of hydrogen-bond acceptors (Lipinski definition) is 1. The SMILES string of the molecule is CCCCC(C)CC(N)C(C)CC1CCCCC1. The van der Waals surface area contributed by atoms with Crippen LogP contribution in [0.25, 0.3) is 0 Å². The van der Waals surface area contributed by atoms with Crippen LogP contribution in [0.2, 0.25) is 0 Å². The molecule has 0 heterocycles. The molecule has 1 saturated carbocycles. The highest BCUT2D eigenvalue weighted by molar-refractivity contribution is 4.76. The summed E-state index contributed by atoms with van der Waals surface area (Å²) in [5, 5.41) is 0. The van der Waals surface area contributed by atoms with Crippen LogP contribution in [0.15, 0.2) is 0 Å². The highest BCUT2D eigenvalue weighted by Gasteiger charge is 2.21. The zero-order chi connectivity index (χ0) is 13.4. The van der Waals surface area contributed by atoms with Crippen LogP contribution in [0.3, 0.4) is 0 Å². The van der Waals surface area contributed by atoms with Crippen molar-refractivity contribution in [2.75, 3.05) is 0 Å². The number of nitrogens with two attached hydrogens (primary N) is 1. The van der Waals surface area contributed by atoms with Gasteiger partial charge in [0, 0.05) is 6.04 Å². The molecule has 2 N–H and O–H groups in total. The van der Waals surface area contributed by atoms with Gasteiger partial charge in [-0.15, -0.1) is 0 Å². The van der Waals surface area contributed by atoms with E-state index in [2.05, 4.69) is 20.8 Å². The average molecular weight is 253 g/mol. The summed E-state index contributed by atoms with van der Waals surface area (Å²) < 4.78 is 0. The molecule has 1 aliphatic rings. The van der Waals surface area contributed by atoms with Gasteiger partial charge in [-0.05, 0) is 30.6 Å². The molecular weight excluding hydrogens is 218 g/mol. The summed E-state index contributed by atoms with van der Waals surface area (Å²) in [6.45, 7) is 7.03. The zero-order valence-electron chi connectivity index (χ0n) is 13.0. The van der Waals surface area contributed by atoms with Crippen LogP contribution >= 0.6 is 0 Å². The number of unbranched alkanes of at least 4 members (excludes halogenated alkanes) is 1. The third kappa shape index (κ3) is 6.22. The Kier molecular flexibility index (Phi) is 7.97. The fraction of sp³-hybridized carbons (Fsp3) is 1.00. The van der Waals surface area contributed by atoms with Crippen LogP contribution in [-0.2, 0) is 0 Å². The molecule has 1 aliphatic carbocycles. The van der Waals surface area contributed by atoms with E-state index in [1.807, 2.05) is 0 Å². The maximum Gasteiger partial charge on any atom is 0.00671 e. The molecule has 0 amide bonds. The Balaban J connectivity index is 2.20. The Bertz CT molecular complexity index is 196. The Labute approximate surface area is 115 Å². The van der Waals surface area contributed by atoms with E-state index in [1.165, 1.54) is 64.2 Å². The molecule has 1 nitrogen and oxygen atoms in total. The molecule has 0 bridgehead atoms. The third-order valence-electron chi connectivity index (χ3n) is 4.89. The zero-order valence-corrected chi connectivity index (χ0v) is 13.0. The van der Waals surface area contributed by atoms with Gasteiger partial charge in [-0.3, -0.25) is 0 Å².